The Morgan fingerprint density at radius 1 is 1.00 bits per heavy atom. The lowest BCUT2D eigenvalue weighted by molar-refractivity contribution is -0.115. The second-order valence-corrected chi connectivity index (χ2v) is 8.44. The predicted octanol–water partition coefficient (Wildman–Crippen LogP) is 5.86. The number of hydrogen-bond donors (Lipinski definition) is 3. The van der Waals surface area contributed by atoms with Gasteiger partial charge in [0.1, 0.15) is 23.1 Å². The fourth-order valence-corrected chi connectivity index (χ4v) is 4.22. The SMILES string of the molecule is CCC(=O)Nc1ccc(-c2cc3c(-c4nc5nccc(-c6cccc(F)c6)c5[nH]4)n[nH]c3cc2F)cn1. The maximum atomic E-state index is 15.0. The molecular formula is C27H19F2N7O. The number of halogens is 2. The van der Waals surface area contributed by atoms with Gasteiger partial charge in [-0.05, 0) is 42.0 Å². The number of benzene rings is 2. The third-order valence-corrected chi connectivity index (χ3v) is 6.07. The summed E-state index contributed by atoms with van der Waals surface area (Å²) in [5, 5.41) is 10.6. The number of nitrogens with one attached hydrogen (secondary N) is 3. The molecule has 4 aromatic heterocycles. The number of amides is 1. The number of aromatic nitrogens is 6. The van der Waals surface area contributed by atoms with Crippen LogP contribution in [0, 0.1) is 11.6 Å². The van der Waals surface area contributed by atoms with Crippen LogP contribution >= 0.6 is 0 Å². The lowest BCUT2D eigenvalue weighted by Gasteiger charge is -2.06. The van der Waals surface area contributed by atoms with Crippen LogP contribution in [0.5, 0.6) is 0 Å². The van der Waals surface area contributed by atoms with E-state index in [1.165, 1.54) is 24.4 Å². The summed E-state index contributed by atoms with van der Waals surface area (Å²) in [6.07, 6.45) is 3.45. The lowest BCUT2D eigenvalue weighted by Crippen LogP contribution is -2.10. The average molecular weight is 495 g/mol. The average Bonchev–Trinajstić information content (AvgIpc) is 3.52. The quantitative estimate of drug-likeness (QED) is 0.277. The van der Waals surface area contributed by atoms with Crippen molar-refractivity contribution in [3.05, 3.63) is 78.6 Å². The number of anilines is 1. The van der Waals surface area contributed by atoms with Gasteiger partial charge in [0, 0.05) is 47.0 Å². The molecule has 0 fully saturated rings. The molecule has 182 valence electrons. The zero-order valence-electron chi connectivity index (χ0n) is 19.5. The Balaban J connectivity index is 1.43. The van der Waals surface area contributed by atoms with Gasteiger partial charge in [-0.3, -0.25) is 9.89 Å². The summed E-state index contributed by atoms with van der Waals surface area (Å²) in [6, 6.07) is 14.4. The van der Waals surface area contributed by atoms with Crippen LogP contribution in [0.2, 0.25) is 0 Å². The molecule has 4 heterocycles. The number of carbonyl (C=O) groups excluding carboxylic acids is 1. The van der Waals surface area contributed by atoms with Gasteiger partial charge >= 0.3 is 0 Å². The Hall–Kier alpha value is -4.99. The first kappa shape index (κ1) is 22.5. The van der Waals surface area contributed by atoms with Crippen molar-refractivity contribution in [2.75, 3.05) is 5.32 Å². The van der Waals surface area contributed by atoms with Crippen LogP contribution < -0.4 is 5.32 Å². The van der Waals surface area contributed by atoms with Crippen molar-refractivity contribution in [2.24, 2.45) is 0 Å². The molecule has 8 nitrogen and oxygen atoms in total. The van der Waals surface area contributed by atoms with Crippen molar-refractivity contribution in [2.45, 2.75) is 13.3 Å². The maximum Gasteiger partial charge on any atom is 0.225 e. The van der Waals surface area contributed by atoms with Crippen molar-refractivity contribution < 1.29 is 13.6 Å². The molecule has 0 saturated heterocycles. The number of hydrogen-bond acceptors (Lipinski definition) is 5. The third kappa shape index (κ3) is 4.08. The van der Waals surface area contributed by atoms with Gasteiger partial charge < -0.3 is 10.3 Å². The molecule has 2 aromatic carbocycles. The van der Waals surface area contributed by atoms with Gasteiger partial charge in [0.05, 0.1) is 11.0 Å². The molecule has 0 aliphatic rings. The normalized spacial score (nSPS) is 11.3. The monoisotopic (exact) mass is 495 g/mol. The largest absolute Gasteiger partial charge is 0.335 e. The Bertz CT molecular complexity index is 1790. The number of carbonyl (C=O) groups is 1. The van der Waals surface area contributed by atoms with E-state index in [4.69, 9.17) is 0 Å². The van der Waals surface area contributed by atoms with Crippen LogP contribution in [0.25, 0.3) is 55.8 Å². The molecule has 10 heteroatoms. The van der Waals surface area contributed by atoms with Gasteiger partial charge in [0.15, 0.2) is 11.5 Å². The van der Waals surface area contributed by atoms with Crippen LogP contribution in [0.1, 0.15) is 13.3 Å². The van der Waals surface area contributed by atoms with Gasteiger partial charge in [-0.1, -0.05) is 19.1 Å². The highest BCUT2D eigenvalue weighted by molar-refractivity contribution is 5.97. The minimum Gasteiger partial charge on any atom is -0.335 e. The van der Waals surface area contributed by atoms with Gasteiger partial charge in [0.25, 0.3) is 0 Å². The van der Waals surface area contributed by atoms with Gasteiger partial charge in [-0.2, -0.15) is 5.10 Å². The summed E-state index contributed by atoms with van der Waals surface area (Å²) in [6.45, 7) is 1.75. The van der Waals surface area contributed by atoms with Crippen molar-refractivity contribution in [1.82, 2.24) is 30.1 Å². The molecule has 0 unspecified atom stereocenters. The summed E-state index contributed by atoms with van der Waals surface area (Å²) in [5.74, 6) is -0.118. The molecule has 0 radical (unpaired) electrons. The molecule has 37 heavy (non-hydrogen) atoms. The van der Waals surface area contributed by atoms with E-state index in [9.17, 15) is 9.18 Å². The minimum absolute atomic E-state index is 0.156. The number of nitrogens with zero attached hydrogens (tertiary/aromatic N) is 4. The fourth-order valence-electron chi connectivity index (χ4n) is 4.22. The van der Waals surface area contributed by atoms with Crippen molar-refractivity contribution in [3.63, 3.8) is 0 Å². The molecule has 0 bridgehead atoms. The molecule has 0 atom stereocenters. The Labute approximate surface area is 208 Å². The summed E-state index contributed by atoms with van der Waals surface area (Å²) in [5.41, 5.74) is 4.36. The highest BCUT2D eigenvalue weighted by Crippen LogP contribution is 2.34. The first-order valence-corrected chi connectivity index (χ1v) is 11.5. The van der Waals surface area contributed by atoms with E-state index in [-0.39, 0.29) is 11.7 Å². The second kappa shape index (κ2) is 8.90. The zero-order chi connectivity index (χ0) is 25.5. The van der Waals surface area contributed by atoms with E-state index < -0.39 is 5.82 Å². The topological polar surface area (TPSA) is 112 Å². The molecule has 6 aromatic rings. The fraction of sp³-hybridized carbons (Fsp3) is 0.0741. The molecular weight excluding hydrogens is 476 g/mol. The molecule has 0 aliphatic carbocycles. The van der Waals surface area contributed by atoms with E-state index in [0.717, 1.165) is 5.56 Å². The number of rotatable bonds is 5. The number of imidazole rings is 1. The highest BCUT2D eigenvalue weighted by Gasteiger charge is 2.18. The van der Waals surface area contributed by atoms with Crippen LogP contribution in [0.15, 0.2) is 67.0 Å². The molecule has 1 amide bonds. The standard InChI is InChI=1S/C27H19F2N7O/c1-2-23(37)32-22-7-6-15(13-31-22)18-11-19-21(12-20(18)29)35-36-25(19)27-33-24-17(8-9-30-26(24)34-27)14-4-3-5-16(28)10-14/h3-13H,2H2,1H3,(H,35,36)(H,30,33,34)(H,31,32,37). The van der Waals surface area contributed by atoms with Crippen molar-refractivity contribution in [1.29, 1.82) is 0 Å². The summed E-state index contributed by atoms with van der Waals surface area (Å²) < 4.78 is 28.9. The Morgan fingerprint density at radius 2 is 1.89 bits per heavy atom. The number of H-pyrrole nitrogens is 2. The van der Waals surface area contributed by atoms with Crippen LogP contribution in [-0.2, 0) is 4.79 Å². The highest BCUT2D eigenvalue weighted by atomic mass is 19.1. The number of fused-ring (bicyclic) bond motifs is 2. The summed E-state index contributed by atoms with van der Waals surface area (Å²) in [7, 11) is 0. The zero-order valence-corrected chi connectivity index (χ0v) is 19.5. The van der Waals surface area contributed by atoms with E-state index in [1.807, 2.05) is 6.07 Å². The first-order valence-electron chi connectivity index (χ1n) is 11.5. The Morgan fingerprint density at radius 3 is 2.68 bits per heavy atom. The van der Waals surface area contributed by atoms with Crippen LogP contribution in [0.4, 0.5) is 14.6 Å². The lowest BCUT2D eigenvalue weighted by atomic mass is 10.0. The third-order valence-electron chi connectivity index (χ3n) is 6.07. The summed E-state index contributed by atoms with van der Waals surface area (Å²) in [4.78, 5) is 28.0. The molecule has 3 N–H and O–H groups in total. The Kier molecular flexibility index (Phi) is 5.41. The molecule has 6 rings (SSSR count). The second-order valence-electron chi connectivity index (χ2n) is 8.44. The van der Waals surface area contributed by atoms with Gasteiger partial charge in [-0.25, -0.2) is 23.7 Å². The number of pyridine rings is 2. The maximum absolute atomic E-state index is 15.0. The summed E-state index contributed by atoms with van der Waals surface area (Å²) >= 11 is 0. The number of aromatic amines is 2. The van der Waals surface area contributed by atoms with Crippen molar-refractivity contribution >= 4 is 33.8 Å². The minimum atomic E-state index is -0.450. The van der Waals surface area contributed by atoms with E-state index in [1.54, 1.807) is 43.5 Å². The molecule has 0 saturated carbocycles. The smallest absolute Gasteiger partial charge is 0.225 e. The van der Waals surface area contributed by atoms with Gasteiger partial charge in [0.2, 0.25) is 5.91 Å². The van der Waals surface area contributed by atoms with E-state index in [2.05, 4.69) is 35.5 Å². The van der Waals surface area contributed by atoms with E-state index >= 15 is 4.39 Å². The van der Waals surface area contributed by atoms with E-state index in [0.29, 0.717) is 62.5 Å². The predicted molar refractivity (Wildman–Crippen MR) is 136 cm³/mol. The first-order chi connectivity index (χ1) is 18.0. The molecule has 0 aliphatic heterocycles. The van der Waals surface area contributed by atoms with Crippen LogP contribution in [0.3, 0.4) is 0 Å². The van der Waals surface area contributed by atoms with Crippen molar-refractivity contribution in [3.8, 4) is 33.8 Å². The molecule has 0 spiro atoms. The van der Waals surface area contributed by atoms with Gasteiger partial charge in [-0.15, -0.1) is 0 Å². The van der Waals surface area contributed by atoms with Crippen LogP contribution in [-0.4, -0.2) is 36.0 Å².